The molecule has 7 heteroatoms. The van der Waals surface area contributed by atoms with Crippen LogP contribution >= 0.6 is 0 Å². The molecule has 0 amide bonds. The summed E-state index contributed by atoms with van der Waals surface area (Å²) in [5.41, 5.74) is -1.17. The van der Waals surface area contributed by atoms with Gasteiger partial charge in [0.05, 0.1) is 12.7 Å². The smallest absolute Gasteiger partial charge is 0.418 e. The zero-order valence-corrected chi connectivity index (χ0v) is 12.8. The van der Waals surface area contributed by atoms with Gasteiger partial charge in [-0.1, -0.05) is 11.3 Å². The van der Waals surface area contributed by atoms with E-state index in [1.807, 2.05) is 27.7 Å². The van der Waals surface area contributed by atoms with Gasteiger partial charge in [-0.3, -0.25) is 5.01 Å². The van der Waals surface area contributed by atoms with Gasteiger partial charge in [0.15, 0.2) is 0 Å². The summed E-state index contributed by atoms with van der Waals surface area (Å²) < 4.78 is 44.1. The van der Waals surface area contributed by atoms with Crippen molar-refractivity contribution in [3.63, 3.8) is 0 Å². The predicted octanol–water partition coefficient (Wildman–Crippen LogP) is 4.83. The second-order valence-electron chi connectivity index (χ2n) is 5.11. The molecule has 0 aliphatic carbocycles. The lowest BCUT2D eigenvalue weighted by Gasteiger charge is -2.26. The first-order chi connectivity index (χ1) is 9.68. The second kappa shape index (κ2) is 6.78. The van der Waals surface area contributed by atoms with Crippen LogP contribution in [0.25, 0.3) is 0 Å². The first-order valence-corrected chi connectivity index (χ1v) is 6.62. The summed E-state index contributed by atoms with van der Waals surface area (Å²) in [6.45, 7) is 7.58. The van der Waals surface area contributed by atoms with Gasteiger partial charge in [0.1, 0.15) is 11.4 Å². The number of hydrogen-bond donors (Lipinski definition) is 0. The van der Waals surface area contributed by atoms with E-state index in [9.17, 15) is 13.2 Å². The largest absolute Gasteiger partial charge is 0.494 e. The molecule has 0 aliphatic rings. The van der Waals surface area contributed by atoms with Crippen molar-refractivity contribution >= 4 is 5.69 Å². The van der Waals surface area contributed by atoms with Crippen molar-refractivity contribution in [2.45, 2.75) is 46.0 Å². The molecule has 21 heavy (non-hydrogen) atoms. The first kappa shape index (κ1) is 17.3. The van der Waals surface area contributed by atoms with Gasteiger partial charge in [-0.2, -0.15) is 13.2 Å². The fourth-order valence-electron chi connectivity index (χ4n) is 1.92. The van der Waals surface area contributed by atoms with Crippen molar-refractivity contribution in [1.82, 2.24) is 5.01 Å². The van der Waals surface area contributed by atoms with Crippen LogP contribution in [0.2, 0.25) is 0 Å². The molecular formula is C14H20F3N3O. The summed E-state index contributed by atoms with van der Waals surface area (Å²) in [6, 6.07) is 3.73. The van der Waals surface area contributed by atoms with Gasteiger partial charge in [-0.05, 0) is 39.8 Å². The molecule has 0 saturated heterocycles. The maximum Gasteiger partial charge on any atom is 0.418 e. The Morgan fingerprint density at radius 2 is 1.67 bits per heavy atom. The lowest BCUT2D eigenvalue weighted by atomic mass is 10.1. The third-order valence-corrected chi connectivity index (χ3v) is 2.83. The minimum Gasteiger partial charge on any atom is -0.494 e. The topological polar surface area (TPSA) is 37.2 Å². The Hall–Kier alpha value is -1.79. The van der Waals surface area contributed by atoms with Crippen LogP contribution in [0, 0.1) is 0 Å². The van der Waals surface area contributed by atoms with Gasteiger partial charge in [0, 0.05) is 12.1 Å². The van der Waals surface area contributed by atoms with Gasteiger partial charge in [-0.15, -0.1) is 5.11 Å². The molecule has 0 atom stereocenters. The fourth-order valence-corrected chi connectivity index (χ4v) is 1.92. The highest BCUT2D eigenvalue weighted by Gasteiger charge is 2.35. The van der Waals surface area contributed by atoms with Gasteiger partial charge in [-0.25, -0.2) is 0 Å². The number of methoxy groups -OCH3 is 1. The predicted molar refractivity (Wildman–Crippen MR) is 74.6 cm³/mol. The number of hydrogen-bond acceptors (Lipinski definition) is 3. The Balaban J connectivity index is 3.28. The molecular weight excluding hydrogens is 283 g/mol. The molecule has 0 aliphatic heterocycles. The maximum atomic E-state index is 13.0. The first-order valence-electron chi connectivity index (χ1n) is 6.62. The normalized spacial score (nSPS) is 12.5. The number of benzene rings is 1. The summed E-state index contributed by atoms with van der Waals surface area (Å²) in [7, 11) is 1.30. The molecule has 0 bridgehead atoms. The summed E-state index contributed by atoms with van der Waals surface area (Å²) in [5.74, 6) is 0.0426. The zero-order valence-electron chi connectivity index (χ0n) is 12.8. The van der Waals surface area contributed by atoms with Crippen LogP contribution in [0.3, 0.4) is 0 Å². The van der Waals surface area contributed by atoms with Crippen molar-refractivity contribution in [2.75, 3.05) is 7.11 Å². The average Bonchev–Trinajstić information content (AvgIpc) is 2.36. The minimum atomic E-state index is -4.51. The van der Waals surface area contributed by atoms with E-state index in [0.717, 1.165) is 6.07 Å². The third kappa shape index (κ3) is 4.34. The summed E-state index contributed by atoms with van der Waals surface area (Å²) in [4.78, 5) is 0. The van der Waals surface area contributed by atoms with Crippen LogP contribution in [0.4, 0.5) is 18.9 Å². The SMILES string of the molecule is COc1cccc(C(F)(F)F)c1N=NN(C(C)C)C(C)C. The molecule has 0 heterocycles. The van der Waals surface area contributed by atoms with E-state index in [4.69, 9.17) is 4.74 Å². The number of rotatable bonds is 5. The third-order valence-electron chi connectivity index (χ3n) is 2.83. The van der Waals surface area contributed by atoms with Crippen molar-refractivity contribution in [2.24, 2.45) is 10.3 Å². The molecule has 4 nitrogen and oxygen atoms in total. The van der Waals surface area contributed by atoms with E-state index < -0.39 is 11.7 Å². The van der Waals surface area contributed by atoms with E-state index in [1.165, 1.54) is 19.2 Å². The van der Waals surface area contributed by atoms with E-state index in [-0.39, 0.29) is 23.5 Å². The van der Waals surface area contributed by atoms with Crippen molar-refractivity contribution in [3.8, 4) is 5.75 Å². The summed E-state index contributed by atoms with van der Waals surface area (Å²) >= 11 is 0. The molecule has 1 aromatic carbocycles. The van der Waals surface area contributed by atoms with Crippen molar-refractivity contribution in [1.29, 1.82) is 0 Å². The minimum absolute atomic E-state index is 0.0257. The van der Waals surface area contributed by atoms with E-state index in [2.05, 4.69) is 10.3 Å². The lowest BCUT2D eigenvalue weighted by molar-refractivity contribution is -0.137. The van der Waals surface area contributed by atoms with Gasteiger partial charge < -0.3 is 4.74 Å². The Morgan fingerprint density at radius 1 is 1.10 bits per heavy atom. The van der Waals surface area contributed by atoms with E-state index in [1.54, 1.807) is 5.01 Å². The highest BCUT2D eigenvalue weighted by atomic mass is 19.4. The Kier molecular flexibility index (Phi) is 5.57. The molecule has 0 N–H and O–H groups in total. The average molecular weight is 303 g/mol. The molecule has 0 saturated carbocycles. The van der Waals surface area contributed by atoms with Gasteiger partial charge >= 0.3 is 6.18 Å². The van der Waals surface area contributed by atoms with Gasteiger partial charge in [0.25, 0.3) is 0 Å². The second-order valence-corrected chi connectivity index (χ2v) is 5.11. The Bertz CT molecular complexity index is 491. The highest BCUT2D eigenvalue weighted by Crippen LogP contribution is 2.41. The quantitative estimate of drug-likeness (QED) is 0.577. The Labute approximate surface area is 122 Å². The molecule has 118 valence electrons. The standard InChI is InChI=1S/C14H20F3N3O/c1-9(2)20(10(3)4)19-18-13-11(14(15,16)17)7-6-8-12(13)21-5/h6-10H,1-5H3. The van der Waals surface area contributed by atoms with E-state index in [0.29, 0.717) is 0 Å². The van der Waals surface area contributed by atoms with Crippen molar-refractivity contribution < 1.29 is 17.9 Å². The van der Waals surface area contributed by atoms with Crippen LogP contribution in [-0.4, -0.2) is 24.2 Å². The van der Waals surface area contributed by atoms with Crippen LogP contribution in [-0.2, 0) is 6.18 Å². The van der Waals surface area contributed by atoms with Crippen LogP contribution in [0.1, 0.15) is 33.3 Å². The number of ether oxygens (including phenoxy) is 1. The molecule has 0 aromatic heterocycles. The lowest BCUT2D eigenvalue weighted by Crippen LogP contribution is -2.31. The Morgan fingerprint density at radius 3 is 2.10 bits per heavy atom. The molecule has 1 aromatic rings. The van der Waals surface area contributed by atoms with Gasteiger partial charge in [0.2, 0.25) is 0 Å². The number of alkyl halides is 3. The molecule has 0 unspecified atom stereocenters. The fraction of sp³-hybridized carbons (Fsp3) is 0.571. The molecule has 1 rings (SSSR count). The zero-order chi connectivity index (χ0) is 16.2. The molecule has 0 radical (unpaired) electrons. The molecule has 0 fully saturated rings. The number of halogens is 3. The van der Waals surface area contributed by atoms with Crippen molar-refractivity contribution in [3.05, 3.63) is 23.8 Å². The maximum absolute atomic E-state index is 13.0. The monoisotopic (exact) mass is 303 g/mol. The highest BCUT2D eigenvalue weighted by molar-refractivity contribution is 5.58. The van der Waals surface area contributed by atoms with Crippen LogP contribution in [0.15, 0.2) is 28.5 Å². The van der Waals surface area contributed by atoms with Crippen LogP contribution < -0.4 is 4.74 Å². The summed E-state index contributed by atoms with van der Waals surface area (Å²) in [6.07, 6.45) is -4.51. The number of nitrogens with zero attached hydrogens (tertiary/aromatic N) is 3. The van der Waals surface area contributed by atoms with E-state index >= 15 is 0 Å². The summed E-state index contributed by atoms with van der Waals surface area (Å²) in [5, 5.41) is 9.38. The molecule has 0 spiro atoms. The van der Waals surface area contributed by atoms with Crippen LogP contribution in [0.5, 0.6) is 5.75 Å².